The van der Waals surface area contributed by atoms with Gasteiger partial charge in [-0.05, 0) is 25.0 Å². The first kappa shape index (κ1) is 13.1. The second-order valence-electron chi connectivity index (χ2n) is 4.23. The fourth-order valence-electron chi connectivity index (χ4n) is 2.16. The van der Waals surface area contributed by atoms with Gasteiger partial charge in [-0.3, -0.25) is 9.59 Å². The van der Waals surface area contributed by atoms with Gasteiger partial charge in [-0.1, -0.05) is 34.1 Å². The van der Waals surface area contributed by atoms with Crippen molar-refractivity contribution in [3.8, 4) is 0 Å². The number of carbonyl (C=O) groups is 2. The van der Waals surface area contributed by atoms with Crippen molar-refractivity contribution in [2.24, 2.45) is 0 Å². The highest BCUT2D eigenvalue weighted by Gasteiger charge is 2.33. The molecule has 1 aliphatic heterocycles. The molecule has 1 N–H and O–H groups in total. The number of nitrogens with one attached hydrogen (secondary N) is 1. The molecule has 0 bridgehead atoms. The largest absolute Gasteiger partial charge is 0.330 e. The molecule has 1 aliphatic rings. The zero-order valence-electron chi connectivity index (χ0n) is 9.93. The van der Waals surface area contributed by atoms with Crippen LogP contribution in [0.25, 0.3) is 0 Å². The van der Waals surface area contributed by atoms with E-state index in [0.29, 0.717) is 6.54 Å². The summed E-state index contributed by atoms with van der Waals surface area (Å²) in [7, 11) is 0. The quantitative estimate of drug-likeness (QED) is 0.868. The average molecular weight is 311 g/mol. The molecule has 1 aromatic carbocycles. The van der Waals surface area contributed by atoms with Crippen molar-refractivity contribution in [1.82, 2.24) is 4.90 Å². The van der Waals surface area contributed by atoms with Crippen LogP contribution in [0.5, 0.6) is 0 Å². The number of hydrogen-bond acceptors (Lipinski definition) is 2. The van der Waals surface area contributed by atoms with E-state index in [0.717, 1.165) is 18.5 Å². The van der Waals surface area contributed by atoms with E-state index in [-0.39, 0.29) is 23.2 Å². The maximum atomic E-state index is 12.1. The Labute approximate surface area is 114 Å². The van der Waals surface area contributed by atoms with Crippen LogP contribution in [-0.2, 0) is 9.59 Å². The normalized spacial score (nSPS) is 18.7. The van der Waals surface area contributed by atoms with Gasteiger partial charge in [-0.25, -0.2) is 0 Å². The highest BCUT2D eigenvalue weighted by atomic mass is 79.9. The summed E-state index contributed by atoms with van der Waals surface area (Å²) in [6.07, 6.45) is 1.61. The Bertz CT molecular complexity index is 436. The minimum absolute atomic E-state index is 0.0271. The first-order chi connectivity index (χ1) is 8.72. The van der Waals surface area contributed by atoms with E-state index in [1.807, 2.05) is 30.3 Å². The third kappa shape index (κ3) is 2.90. The molecule has 2 amide bonds. The topological polar surface area (TPSA) is 49.4 Å². The van der Waals surface area contributed by atoms with Crippen molar-refractivity contribution < 1.29 is 9.59 Å². The van der Waals surface area contributed by atoms with Gasteiger partial charge in [0.2, 0.25) is 11.8 Å². The van der Waals surface area contributed by atoms with Crippen LogP contribution in [-0.4, -0.2) is 34.6 Å². The monoisotopic (exact) mass is 310 g/mol. The Morgan fingerprint density at radius 1 is 1.33 bits per heavy atom. The number of hydrogen-bond donors (Lipinski definition) is 1. The number of anilines is 1. The van der Waals surface area contributed by atoms with E-state index < -0.39 is 0 Å². The molecule has 0 aromatic heterocycles. The molecule has 1 aromatic rings. The minimum Gasteiger partial charge on any atom is -0.330 e. The standard InChI is InChI=1S/C13H15BrN2O2/c14-9-12(17)16-8-4-7-11(16)13(18)15-10-5-2-1-3-6-10/h1-3,5-6,11H,4,7-9H2,(H,15,18). The molecule has 1 atom stereocenters. The molecule has 2 rings (SSSR count). The number of para-hydroxylation sites is 1. The number of halogens is 1. The Hall–Kier alpha value is -1.36. The molecular formula is C13H15BrN2O2. The lowest BCUT2D eigenvalue weighted by Crippen LogP contribution is -2.43. The molecule has 1 heterocycles. The molecule has 5 heteroatoms. The lowest BCUT2D eigenvalue weighted by molar-refractivity contribution is -0.134. The van der Waals surface area contributed by atoms with Crippen molar-refractivity contribution in [2.75, 3.05) is 17.2 Å². The number of nitrogens with zero attached hydrogens (tertiary/aromatic N) is 1. The molecule has 0 spiro atoms. The predicted octanol–water partition coefficient (Wildman–Crippen LogP) is 2.01. The molecule has 18 heavy (non-hydrogen) atoms. The van der Waals surface area contributed by atoms with Crippen LogP contribution < -0.4 is 5.32 Å². The van der Waals surface area contributed by atoms with Crippen LogP contribution in [0, 0.1) is 0 Å². The molecule has 0 radical (unpaired) electrons. The van der Waals surface area contributed by atoms with Gasteiger partial charge in [0, 0.05) is 12.2 Å². The van der Waals surface area contributed by atoms with Gasteiger partial charge in [0.15, 0.2) is 0 Å². The van der Waals surface area contributed by atoms with Crippen LogP contribution in [0.3, 0.4) is 0 Å². The molecular weight excluding hydrogens is 296 g/mol. The molecule has 1 unspecified atom stereocenters. The smallest absolute Gasteiger partial charge is 0.247 e. The van der Waals surface area contributed by atoms with Gasteiger partial charge < -0.3 is 10.2 Å². The summed E-state index contributed by atoms with van der Waals surface area (Å²) in [5.74, 6) is -0.131. The van der Waals surface area contributed by atoms with E-state index in [1.54, 1.807) is 4.90 Å². The zero-order chi connectivity index (χ0) is 13.0. The molecule has 1 fully saturated rings. The van der Waals surface area contributed by atoms with E-state index in [4.69, 9.17) is 0 Å². The summed E-state index contributed by atoms with van der Waals surface area (Å²) in [5.41, 5.74) is 0.764. The van der Waals surface area contributed by atoms with Gasteiger partial charge in [0.25, 0.3) is 0 Å². The summed E-state index contributed by atoms with van der Waals surface area (Å²) in [6.45, 7) is 0.664. The Morgan fingerprint density at radius 3 is 2.72 bits per heavy atom. The van der Waals surface area contributed by atoms with Crippen molar-refractivity contribution in [3.05, 3.63) is 30.3 Å². The van der Waals surface area contributed by atoms with Crippen LogP contribution in [0.1, 0.15) is 12.8 Å². The number of amides is 2. The van der Waals surface area contributed by atoms with Gasteiger partial charge in [0.05, 0.1) is 5.33 Å². The lowest BCUT2D eigenvalue weighted by Gasteiger charge is -2.23. The maximum absolute atomic E-state index is 12.1. The van der Waals surface area contributed by atoms with Gasteiger partial charge >= 0.3 is 0 Å². The summed E-state index contributed by atoms with van der Waals surface area (Å²) in [4.78, 5) is 25.5. The fraction of sp³-hybridized carbons (Fsp3) is 0.385. The number of rotatable bonds is 3. The van der Waals surface area contributed by atoms with E-state index in [2.05, 4.69) is 21.2 Å². The predicted molar refractivity (Wildman–Crippen MR) is 73.6 cm³/mol. The third-order valence-corrected chi connectivity index (χ3v) is 3.51. The molecule has 4 nitrogen and oxygen atoms in total. The summed E-state index contributed by atoms with van der Waals surface area (Å²) >= 11 is 3.15. The van der Waals surface area contributed by atoms with Crippen molar-refractivity contribution >= 4 is 33.4 Å². The molecule has 96 valence electrons. The molecule has 1 saturated heterocycles. The fourth-order valence-corrected chi connectivity index (χ4v) is 2.48. The van der Waals surface area contributed by atoms with E-state index >= 15 is 0 Å². The Balaban J connectivity index is 2.02. The van der Waals surface area contributed by atoms with E-state index in [1.165, 1.54) is 0 Å². The van der Waals surface area contributed by atoms with Crippen molar-refractivity contribution in [3.63, 3.8) is 0 Å². The first-order valence-corrected chi connectivity index (χ1v) is 7.06. The second-order valence-corrected chi connectivity index (χ2v) is 4.79. The lowest BCUT2D eigenvalue weighted by atomic mass is 10.2. The van der Waals surface area contributed by atoms with Crippen LogP contribution in [0.2, 0.25) is 0 Å². The van der Waals surface area contributed by atoms with Gasteiger partial charge in [-0.15, -0.1) is 0 Å². The Kier molecular flexibility index (Phi) is 4.36. The average Bonchev–Trinajstić information content (AvgIpc) is 2.88. The minimum atomic E-state index is -0.338. The molecule has 0 aliphatic carbocycles. The second kappa shape index (κ2) is 6.00. The number of likely N-dealkylation sites (tertiary alicyclic amines) is 1. The van der Waals surface area contributed by atoms with Gasteiger partial charge in [-0.2, -0.15) is 0 Å². The Morgan fingerprint density at radius 2 is 2.06 bits per heavy atom. The third-order valence-electron chi connectivity index (χ3n) is 3.03. The highest BCUT2D eigenvalue weighted by molar-refractivity contribution is 9.09. The van der Waals surface area contributed by atoms with Crippen molar-refractivity contribution in [2.45, 2.75) is 18.9 Å². The van der Waals surface area contributed by atoms with Gasteiger partial charge in [0.1, 0.15) is 6.04 Å². The number of alkyl halides is 1. The first-order valence-electron chi connectivity index (χ1n) is 5.93. The number of carbonyl (C=O) groups excluding carboxylic acids is 2. The van der Waals surface area contributed by atoms with Crippen LogP contribution >= 0.6 is 15.9 Å². The summed E-state index contributed by atoms with van der Waals surface area (Å²) in [6, 6.07) is 8.96. The summed E-state index contributed by atoms with van der Waals surface area (Å²) < 4.78 is 0. The number of benzene rings is 1. The summed E-state index contributed by atoms with van der Waals surface area (Å²) in [5, 5.41) is 3.11. The highest BCUT2D eigenvalue weighted by Crippen LogP contribution is 2.19. The van der Waals surface area contributed by atoms with E-state index in [9.17, 15) is 9.59 Å². The zero-order valence-corrected chi connectivity index (χ0v) is 11.5. The molecule has 0 saturated carbocycles. The van der Waals surface area contributed by atoms with Crippen LogP contribution in [0.15, 0.2) is 30.3 Å². The maximum Gasteiger partial charge on any atom is 0.247 e. The SMILES string of the molecule is O=C(Nc1ccccc1)C1CCCN1C(=O)CBr. The van der Waals surface area contributed by atoms with Crippen molar-refractivity contribution in [1.29, 1.82) is 0 Å². The van der Waals surface area contributed by atoms with Crippen LogP contribution in [0.4, 0.5) is 5.69 Å².